The summed E-state index contributed by atoms with van der Waals surface area (Å²) in [6.45, 7) is 8.38. The van der Waals surface area contributed by atoms with Crippen LogP contribution in [0.25, 0.3) is 4.91 Å². The molecule has 1 heterocycles. The summed E-state index contributed by atoms with van der Waals surface area (Å²) in [5, 5.41) is 0. The molecule has 0 fully saturated rings. The highest BCUT2D eigenvalue weighted by Gasteiger charge is 2.43. The van der Waals surface area contributed by atoms with Crippen LogP contribution in [0.5, 0.6) is 0 Å². The molecule has 2 nitrogen and oxygen atoms in total. The normalized spacial score (nSPS) is 22.9. The van der Waals surface area contributed by atoms with Crippen LogP contribution in [-0.2, 0) is 9.84 Å². The Morgan fingerprint density at radius 1 is 1.11 bits per heavy atom. The van der Waals surface area contributed by atoms with Crippen LogP contribution < -0.4 is 0 Å². The van der Waals surface area contributed by atoms with Gasteiger partial charge in [0.25, 0.3) is 0 Å². The standard InChI is InChI=1S/C14H20O2SSi/c1-11-5-7-12(8-6-11)13-9-10-14(17(13,15)16)18(2,3)4/h5-9,14H,10H2,1-4H3. The van der Waals surface area contributed by atoms with Crippen molar-refractivity contribution in [3.8, 4) is 0 Å². The fraction of sp³-hybridized carbons (Fsp3) is 0.429. The first-order chi connectivity index (χ1) is 8.23. The molecule has 0 bridgehead atoms. The SMILES string of the molecule is Cc1ccc(C2=CCC([Si](C)(C)C)S2(=O)=O)cc1. The van der Waals surface area contributed by atoms with Gasteiger partial charge in [0, 0.05) is 0 Å². The number of allylic oxidation sites excluding steroid dienone is 1. The molecule has 1 aromatic rings. The minimum absolute atomic E-state index is 0.165. The van der Waals surface area contributed by atoms with Crippen LogP contribution in [0.1, 0.15) is 17.5 Å². The van der Waals surface area contributed by atoms with Crippen molar-refractivity contribution in [3.63, 3.8) is 0 Å². The van der Waals surface area contributed by atoms with Gasteiger partial charge < -0.3 is 0 Å². The predicted molar refractivity (Wildman–Crippen MR) is 79.8 cm³/mol. The highest BCUT2D eigenvalue weighted by atomic mass is 32.2. The van der Waals surface area contributed by atoms with Crippen molar-refractivity contribution in [1.29, 1.82) is 0 Å². The fourth-order valence-corrected chi connectivity index (χ4v) is 8.81. The third-order valence-corrected chi connectivity index (χ3v) is 10.7. The van der Waals surface area contributed by atoms with Gasteiger partial charge in [0.05, 0.1) is 17.9 Å². The molecule has 1 aromatic carbocycles. The Morgan fingerprint density at radius 2 is 1.67 bits per heavy atom. The van der Waals surface area contributed by atoms with Gasteiger partial charge in [-0.25, -0.2) is 8.42 Å². The van der Waals surface area contributed by atoms with E-state index in [4.69, 9.17) is 0 Å². The lowest BCUT2D eigenvalue weighted by Gasteiger charge is -2.24. The van der Waals surface area contributed by atoms with Crippen molar-refractivity contribution >= 4 is 22.8 Å². The van der Waals surface area contributed by atoms with Gasteiger partial charge in [0.1, 0.15) is 0 Å². The van der Waals surface area contributed by atoms with Crippen LogP contribution in [-0.4, -0.2) is 21.4 Å². The molecule has 2 rings (SSSR count). The summed E-state index contributed by atoms with van der Waals surface area (Å²) in [5.41, 5.74) is 1.98. The topological polar surface area (TPSA) is 34.1 Å². The zero-order chi connectivity index (χ0) is 13.6. The summed E-state index contributed by atoms with van der Waals surface area (Å²) in [7, 11) is -4.81. The molecule has 1 unspecified atom stereocenters. The van der Waals surface area contributed by atoms with Crippen LogP contribution in [0, 0.1) is 6.92 Å². The smallest absolute Gasteiger partial charge is 0.179 e. The Kier molecular flexibility index (Phi) is 3.28. The maximum Gasteiger partial charge on any atom is 0.179 e. The molecule has 0 radical (unpaired) electrons. The summed E-state index contributed by atoms with van der Waals surface area (Å²) in [5.74, 6) is 0. The molecule has 0 aliphatic carbocycles. The second kappa shape index (κ2) is 4.35. The van der Waals surface area contributed by atoms with E-state index in [-0.39, 0.29) is 4.87 Å². The van der Waals surface area contributed by atoms with Gasteiger partial charge in [-0.15, -0.1) is 0 Å². The first-order valence-corrected chi connectivity index (χ1v) is 11.4. The molecule has 0 amide bonds. The Balaban J connectivity index is 2.41. The Labute approximate surface area is 111 Å². The zero-order valence-corrected chi connectivity index (χ0v) is 13.2. The van der Waals surface area contributed by atoms with Gasteiger partial charge in [-0.05, 0) is 18.9 Å². The second-order valence-corrected chi connectivity index (χ2v) is 14.0. The summed E-state index contributed by atoms with van der Waals surface area (Å²) in [6, 6.07) is 7.75. The summed E-state index contributed by atoms with van der Waals surface area (Å²) >= 11 is 0. The van der Waals surface area contributed by atoms with E-state index < -0.39 is 17.9 Å². The summed E-state index contributed by atoms with van der Waals surface area (Å²) in [4.78, 5) is 0.372. The molecule has 1 aliphatic heterocycles. The Bertz CT molecular complexity index is 577. The largest absolute Gasteiger partial charge is 0.224 e. The molecule has 18 heavy (non-hydrogen) atoms. The van der Waals surface area contributed by atoms with Crippen molar-refractivity contribution in [1.82, 2.24) is 0 Å². The van der Waals surface area contributed by atoms with Gasteiger partial charge in [-0.2, -0.15) is 0 Å². The van der Waals surface area contributed by atoms with Crippen LogP contribution in [0.15, 0.2) is 30.3 Å². The Hall–Kier alpha value is -0.873. The highest BCUT2D eigenvalue weighted by Crippen LogP contribution is 2.37. The molecule has 0 saturated carbocycles. The van der Waals surface area contributed by atoms with E-state index in [0.29, 0.717) is 11.3 Å². The van der Waals surface area contributed by atoms with E-state index in [1.54, 1.807) is 0 Å². The lowest BCUT2D eigenvalue weighted by Crippen LogP contribution is -2.41. The van der Waals surface area contributed by atoms with Gasteiger partial charge in [-0.3, -0.25) is 0 Å². The first-order valence-electron chi connectivity index (χ1n) is 6.24. The zero-order valence-electron chi connectivity index (χ0n) is 11.4. The predicted octanol–water partition coefficient (Wildman–Crippen LogP) is 3.40. The number of benzene rings is 1. The van der Waals surface area contributed by atoms with E-state index in [0.717, 1.165) is 11.1 Å². The molecule has 0 N–H and O–H groups in total. The lowest BCUT2D eigenvalue weighted by molar-refractivity contribution is 0.603. The van der Waals surface area contributed by atoms with E-state index >= 15 is 0 Å². The number of aryl methyl sites for hydroxylation is 1. The molecule has 4 heteroatoms. The van der Waals surface area contributed by atoms with Crippen LogP contribution in [0.4, 0.5) is 0 Å². The molecular formula is C14H20O2SSi. The van der Waals surface area contributed by atoms with E-state index in [2.05, 4.69) is 19.6 Å². The quantitative estimate of drug-likeness (QED) is 0.778. The van der Waals surface area contributed by atoms with Crippen molar-refractivity contribution in [2.24, 2.45) is 0 Å². The monoisotopic (exact) mass is 280 g/mol. The van der Waals surface area contributed by atoms with Crippen molar-refractivity contribution in [2.45, 2.75) is 37.9 Å². The van der Waals surface area contributed by atoms with E-state index in [1.807, 2.05) is 37.3 Å². The molecule has 0 saturated heterocycles. The van der Waals surface area contributed by atoms with Crippen molar-refractivity contribution in [3.05, 3.63) is 41.5 Å². The van der Waals surface area contributed by atoms with Gasteiger partial charge in [0.15, 0.2) is 9.84 Å². The molecule has 98 valence electrons. The first kappa shape index (κ1) is 13.6. The van der Waals surface area contributed by atoms with Gasteiger partial charge >= 0.3 is 0 Å². The number of rotatable bonds is 2. The molecule has 0 aromatic heterocycles. The van der Waals surface area contributed by atoms with Gasteiger partial charge in [-0.1, -0.05) is 55.5 Å². The summed E-state index contributed by atoms with van der Waals surface area (Å²) in [6.07, 6.45) is 2.59. The molecule has 0 spiro atoms. The maximum atomic E-state index is 12.6. The highest BCUT2D eigenvalue weighted by molar-refractivity contribution is 8.03. The molecule has 1 aliphatic rings. The van der Waals surface area contributed by atoms with E-state index in [1.165, 1.54) is 0 Å². The fourth-order valence-electron chi connectivity index (χ4n) is 2.43. The van der Waals surface area contributed by atoms with Crippen molar-refractivity contribution in [2.75, 3.05) is 0 Å². The average Bonchev–Trinajstić information content (AvgIpc) is 2.54. The third-order valence-electron chi connectivity index (χ3n) is 3.50. The lowest BCUT2D eigenvalue weighted by atomic mass is 10.1. The maximum absolute atomic E-state index is 12.6. The average molecular weight is 280 g/mol. The minimum Gasteiger partial charge on any atom is -0.224 e. The number of hydrogen-bond acceptors (Lipinski definition) is 2. The van der Waals surface area contributed by atoms with Crippen LogP contribution in [0.2, 0.25) is 19.6 Å². The number of sulfone groups is 1. The second-order valence-electron chi connectivity index (χ2n) is 6.07. The van der Waals surface area contributed by atoms with Crippen LogP contribution in [0.3, 0.4) is 0 Å². The van der Waals surface area contributed by atoms with Gasteiger partial charge in [0.2, 0.25) is 0 Å². The Morgan fingerprint density at radius 3 is 2.11 bits per heavy atom. The molecular weight excluding hydrogens is 260 g/mol. The third kappa shape index (κ3) is 2.31. The minimum atomic E-state index is -3.13. The van der Waals surface area contributed by atoms with Crippen molar-refractivity contribution < 1.29 is 8.42 Å². The van der Waals surface area contributed by atoms with E-state index in [9.17, 15) is 8.42 Å². The number of hydrogen-bond donors (Lipinski definition) is 0. The van der Waals surface area contributed by atoms with Crippen LogP contribution >= 0.6 is 0 Å². The summed E-state index contributed by atoms with van der Waals surface area (Å²) < 4.78 is 25.2. The molecule has 1 atom stereocenters.